The van der Waals surface area contributed by atoms with Crippen LogP contribution < -0.4 is 5.73 Å². The molecule has 27 heavy (non-hydrogen) atoms. The van der Waals surface area contributed by atoms with Crippen molar-refractivity contribution in [3.8, 4) is 0 Å². The Labute approximate surface area is 165 Å². The molecule has 3 nitrogen and oxygen atoms in total. The van der Waals surface area contributed by atoms with Crippen LogP contribution in [0.25, 0.3) is 0 Å². The maximum Gasteiger partial charge on any atom is 0.234 e. The van der Waals surface area contributed by atoms with Crippen molar-refractivity contribution < 1.29 is 4.79 Å². The van der Waals surface area contributed by atoms with Gasteiger partial charge < -0.3 is 5.73 Å². The number of hydrogen-bond acceptors (Lipinski definition) is 3. The molecule has 0 fully saturated rings. The average molecular weight is 369 g/mol. The van der Waals surface area contributed by atoms with Crippen molar-refractivity contribution in [3.63, 3.8) is 0 Å². The maximum absolute atomic E-state index is 10.1. The van der Waals surface area contributed by atoms with Crippen LogP contribution in [0.4, 0.5) is 5.69 Å². The van der Waals surface area contributed by atoms with Crippen LogP contribution in [0.3, 0.4) is 0 Å². The van der Waals surface area contributed by atoms with Crippen LogP contribution >= 0.6 is 0 Å². The Balaban J connectivity index is 0.000000519. The Morgan fingerprint density at radius 1 is 0.926 bits per heavy atom. The molecule has 1 atom stereocenters. The van der Waals surface area contributed by atoms with Crippen LogP contribution in [0.1, 0.15) is 65.6 Å². The van der Waals surface area contributed by atoms with Crippen LogP contribution in [-0.2, 0) is 4.79 Å². The van der Waals surface area contributed by atoms with E-state index in [1.54, 1.807) is 6.08 Å². The lowest BCUT2D eigenvalue weighted by molar-refractivity contribution is 0.561. The molecular weight excluding hydrogens is 332 g/mol. The number of rotatable bonds is 3. The SMILES string of the molecule is CC.Cc1cc(C)c(C(C)CN=C=O)c(C)c1C.Cc1cccc(C)c1N. The number of carbonyl (C=O) groups excluding carboxylic acids is 1. The van der Waals surface area contributed by atoms with Gasteiger partial charge in [-0.2, -0.15) is 0 Å². The minimum absolute atomic E-state index is 0.278. The lowest BCUT2D eigenvalue weighted by atomic mass is 9.87. The number of nitrogens with zero attached hydrogens (tertiary/aromatic N) is 1. The molecule has 2 N–H and O–H groups in total. The van der Waals surface area contributed by atoms with E-state index < -0.39 is 0 Å². The van der Waals surface area contributed by atoms with E-state index in [1.807, 2.05) is 45.9 Å². The first-order valence-corrected chi connectivity index (χ1v) is 9.63. The lowest BCUT2D eigenvalue weighted by Crippen LogP contribution is -2.05. The number of isocyanates is 1. The highest BCUT2D eigenvalue weighted by atomic mass is 16.1. The van der Waals surface area contributed by atoms with Crippen molar-refractivity contribution in [3.05, 3.63) is 63.2 Å². The van der Waals surface area contributed by atoms with Gasteiger partial charge in [0.25, 0.3) is 0 Å². The summed E-state index contributed by atoms with van der Waals surface area (Å²) >= 11 is 0. The first-order valence-electron chi connectivity index (χ1n) is 9.63. The van der Waals surface area contributed by atoms with Gasteiger partial charge in [-0.25, -0.2) is 9.79 Å². The Morgan fingerprint density at radius 3 is 1.89 bits per heavy atom. The molecule has 0 bridgehead atoms. The van der Waals surface area contributed by atoms with Crippen molar-refractivity contribution in [2.75, 3.05) is 12.3 Å². The van der Waals surface area contributed by atoms with Gasteiger partial charge in [0.2, 0.25) is 6.08 Å². The van der Waals surface area contributed by atoms with E-state index >= 15 is 0 Å². The van der Waals surface area contributed by atoms with Crippen molar-refractivity contribution in [1.82, 2.24) is 0 Å². The van der Waals surface area contributed by atoms with Crippen LogP contribution in [0, 0.1) is 41.5 Å². The third-order valence-corrected chi connectivity index (χ3v) is 4.88. The second kappa shape index (κ2) is 12.1. The molecule has 0 aliphatic heterocycles. The molecule has 0 amide bonds. The Kier molecular flexibility index (Phi) is 11.0. The van der Waals surface area contributed by atoms with Crippen molar-refractivity contribution in [2.24, 2.45) is 4.99 Å². The standard InChI is InChI=1S/C14H19NO.C8H11N.C2H6/c1-9-6-10(2)14(13(5)12(9)4)11(3)7-15-8-16;1-6-4-3-5-7(2)8(6)9;1-2/h6,11H,7H2,1-5H3;3-5H,9H2,1-2H3;1-2H3. The fraction of sp³-hybridized carbons (Fsp3) is 0.458. The highest BCUT2D eigenvalue weighted by Crippen LogP contribution is 2.28. The molecule has 0 heterocycles. The van der Waals surface area contributed by atoms with Gasteiger partial charge >= 0.3 is 0 Å². The van der Waals surface area contributed by atoms with Gasteiger partial charge in [0.15, 0.2) is 0 Å². The van der Waals surface area contributed by atoms with E-state index in [1.165, 1.54) is 27.8 Å². The zero-order valence-electron chi connectivity index (χ0n) is 18.5. The lowest BCUT2D eigenvalue weighted by Gasteiger charge is -2.19. The summed E-state index contributed by atoms with van der Waals surface area (Å²) < 4.78 is 0. The van der Waals surface area contributed by atoms with Crippen molar-refractivity contribution in [1.29, 1.82) is 0 Å². The minimum atomic E-state index is 0.278. The minimum Gasteiger partial charge on any atom is -0.398 e. The molecule has 0 saturated heterocycles. The summed E-state index contributed by atoms with van der Waals surface area (Å²) in [5, 5.41) is 0. The molecule has 0 aromatic heterocycles. The molecule has 148 valence electrons. The van der Waals surface area contributed by atoms with Gasteiger partial charge in [-0.1, -0.05) is 45.0 Å². The summed E-state index contributed by atoms with van der Waals surface area (Å²) in [7, 11) is 0. The van der Waals surface area contributed by atoms with Gasteiger partial charge in [0.05, 0.1) is 6.54 Å². The first-order chi connectivity index (χ1) is 12.7. The van der Waals surface area contributed by atoms with Crippen molar-refractivity contribution >= 4 is 11.8 Å². The number of hydrogen-bond donors (Lipinski definition) is 1. The molecule has 0 radical (unpaired) electrons. The number of aliphatic imine (C=N–C) groups is 1. The Bertz CT molecular complexity index is 767. The quantitative estimate of drug-likeness (QED) is 0.394. The van der Waals surface area contributed by atoms with E-state index in [0.29, 0.717) is 6.54 Å². The maximum atomic E-state index is 10.1. The number of benzene rings is 2. The highest BCUT2D eigenvalue weighted by Gasteiger charge is 2.13. The predicted molar refractivity (Wildman–Crippen MR) is 118 cm³/mol. The van der Waals surface area contributed by atoms with E-state index in [0.717, 1.165) is 16.8 Å². The molecule has 2 rings (SSSR count). The van der Waals surface area contributed by atoms with E-state index in [9.17, 15) is 4.79 Å². The van der Waals surface area contributed by atoms with Crippen LogP contribution in [-0.4, -0.2) is 12.6 Å². The van der Waals surface area contributed by atoms with Crippen molar-refractivity contribution in [2.45, 2.75) is 68.2 Å². The van der Waals surface area contributed by atoms with Gasteiger partial charge in [-0.05, 0) is 80.5 Å². The first kappa shape index (κ1) is 24.6. The molecule has 0 saturated carbocycles. The molecule has 0 aliphatic rings. The summed E-state index contributed by atoms with van der Waals surface area (Å²) in [4.78, 5) is 13.8. The van der Waals surface area contributed by atoms with Crippen LogP contribution in [0.15, 0.2) is 29.3 Å². The second-order valence-corrected chi connectivity index (χ2v) is 6.81. The van der Waals surface area contributed by atoms with Crippen LogP contribution in [0.5, 0.6) is 0 Å². The summed E-state index contributed by atoms with van der Waals surface area (Å²) in [5.74, 6) is 0.278. The second-order valence-electron chi connectivity index (χ2n) is 6.81. The number of nitrogens with two attached hydrogens (primary N) is 1. The van der Waals surface area contributed by atoms with Gasteiger partial charge in [0.1, 0.15) is 0 Å². The smallest absolute Gasteiger partial charge is 0.234 e. The topological polar surface area (TPSA) is 55.5 Å². The zero-order chi connectivity index (χ0) is 21.1. The van der Waals surface area contributed by atoms with Gasteiger partial charge in [-0.3, -0.25) is 0 Å². The summed E-state index contributed by atoms with van der Waals surface area (Å²) in [6.45, 7) is 19.2. The highest BCUT2D eigenvalue weighted by molar-refractivity contribution is 5.52. The summed E-state index contributed by atoms with van der Waals surface area (Å²) in [6, 6.07) is 8.25. The number of para-hydroxylation sites is 1. The molecular formula is C24H36N2O. The molecule has 0 aliphatic carbocycles. The average Bonchev–Trinajstić information content (AvgIpc) is 2.64. The number of aryl methyl sites for hydroxylation is 4. The third kappa shape index (κ3) is 7.03. The Morgan fingerprint density at radius 2 is 1.44 bits per heavy atom. The van der Waals surface area contributed by atoms with Gasteiger partial charge in [-0.15, -0.1) is 0 Å². The monoisotopic (exact) mass is 368 g/mol. The fourth-order valence-corrected chi connectivity index (χ4v) is 3.16. The summed E-state index contributed by atoms with van der Waals surface area (Å²) in [6.07, 6.45) is 1.61. The largest absolute Gasteiger partial charge is 0.398 e. The molecule has 1 unspecified atom stereocenters. The third-order valence-electron chi connectivity index (χ3n) is 4.88. The predicted octanol–water partition coefficient (Wildman–Crippen LogP) is 6.27. The molecule has 0 spiro atoms. The normalized spacial score (nSPS) is 10.6. The number of nitrogen functional groups attached to an aromatic ring is 1. The van der Waals surface area contributed by atoms with Crippen LogP contribution in [0.2, 0.25) is 0 Å². The fourth-order valence-electron chi connectivity index (χ4n) is 3.16. The molecule has 3 heteroatoms. The zero-order valence-corrected chi connectivity index (χ0v) is 18.5. The van der Waals surface area contributed by atoms with E-state index in [-0.39, 0.29) is 5.92 Å². The summed E-state index contributed by atoms with van der Waals surface area (Å²) in [5.41, 5.74) is 15.5. The Hall–Kier alpha value is -2.38. The molecule has 2 aromatic carbocycles. The number of anilines is 1. The van der Waals surface area contributed by atoms with Gasteiger partial charge in [0, 0.05) is 11.6 Å². The van der Waals surface area contributed by atoms with E-state index in [4.69, 9.17) is 5.73 Å². The molecule has 2 aromatic rings. The van der Waals surface area contributed by atoms with E-state index in [2.05, 4.69) is 45.7 Å².